The molecule has 5 nitrogen and oxygen atoms in total. The molecule has 0 saturated heterocycles. The van der Waals surface area contributed by atoms with Gasteiger partial charge in [0, 0.05) is 16.9 Å². The van der Waals surface area contributed by atoms with Gasteiger partial charge in [0.05, 0.1) is 0 Å². The van der Waals surface area contributed by atoms with Crippen molar-refractivity contribution in [2.24, 2.45) is 0 Å². The summed E-state index contributed by atoms with van der Waals surface area (Å²) in [4.78, 5) is 24.5. The summed E-state index contributed by atoms with van der Waals surface area (Å²) in [6.07, 6.45) is -0.561. The van der Waals surface area contributed by atoms with Crippen LogP contribution in [0.4, 0.5) is 16.2 Å². The lowest BCUT2D eigenvalue weighted by Gasteiger charge is -2.19. The van der Waals surface area contributed by atoms with Gasteiger partial charge in [0.2, 0.25) is 0 Å². The molecule has 0 aliphatic rings. The van der Waals surface area contributed by atoms with E-state index in [1.54, 1.807) is 45.0 Å². The first-order valence-electron chi connectivity index (χ1n) is 8.70. The molecule has 0 radical (unpaired) electrons. The lowest BCUT2D eigenvalue weighted by molar-refractivity contribution is 0.0635. The highest BCUT2D eigenvalue weighted by atomic mass is 16.6. The first kappa shape index (κ1) is 18.5. The van der Waals surface area contributed by atoms with Crippen molar-refractivity contribution in [2.45, 2.75) is 26.4 Å². The van der Waals surface area contributed by atoms with Crippen molar-refractivity contribution >= 4 is 34.1 Å². The maximum absolute atomic E-state index is 12.6. The van der Waals surface area contributed by atoms with Gasteiger partial charge in [-0.2, -0.15) is 0 Å². The molecule has 0 atom stereocenters. The molecule has 0 aliphatic heterocycles. The van der Waals surface area contributed by atoms with Crippen molar-refractivity contribution in [2.75, 3.05) is 10.6 Å². The number of hydrogen-bond acceptors (Lipinski definition) is 3. The van der Waals surface area contributed by atoms with E-state index in [2.05, 4.69) is 10.6 Å². The third-order valence-corrected chi connectivity index (χ3v) is 3.78. The zero-order valence-corrected chi connectivity index (χ0v) is 15.6. The smallest absolute Gasteiger partial charge is 0.412 e. The molecule has 5 heteroatoms. The Labute approximate surface area is 158 Å². The zero-order valence-electron chi connectivity index (χ0n) is 15.6. The summed E-state index contributed by atoms with van der Waals surface area (Å²) in [5.74, 6) is -0.252. The van der Waals surface area contributed by atoms with E-state index in [0.717, 1.165) is 10.8 Å². The lowest BCUT2D eigenvalue weighted by Crippen LogP contribution is -2.27. The molecule has 0 aromatic heterocycles. The van der Waals surface area contributed by atoms with Crippen molar-refractivity contribution < 1.29 is 14.3 Å². The van der Waals surface area contributed by atoms with Gasteiger partial charge in [0.15, 0.2) is 0 Å². The van der Waals surface area contributed by atoms with Crippen LogP contribution in [0.25, 0.3) is 10.8 Å². The molecular formula is C22H22N2O3. The Morgan fingerprint density at radius 3 is 2.22 bits per heavy atom. The molecule has 0 spiro atoms. The number of ether oxygens (including phenoxy) is 1. The Bertz CT molecular complexity index is 990. The van der Waals surface area contributed by atoms with E-state index in [1.165, 1.54) is 0 Å². The molecule has 3 rings (SSSR count). The van der Waals surface area contributed by atoms with E-state index < -0.39 is 11.7 Å². The minimum absolute atomic E-state index is 0.252. The number of nitrogens with one attached hydrogen (secondary N) is 2. The molecular weight excluding hydrogens is 340 g/mol. The number of carbonyl (C=O) groups excluding carboxylic acids is 2. The number of anilines is 2. The Morgan fingerprint density at radius 2 is 1.48 bits per heavy atom. The standard InChI is InChI=1S/C22H22N2O3/c1-22(2,3)27-21(26)24-18-10-6-9-17(14-18)20(25)23-19-12-11-15-7-4-5-8-16(15)13-19/h4-14H,1-3H3,(H,23,25)(H,24,26). The van der Waals surface area contributed by atoms with Gasteiger partial charge in [-0.1, -0.05) is 36.4 Å². The second kappa shape index (κ2) is 7.50. The number of benzene rings is 3. The number of amides is 2. The Kier molecular flexibility index (Phi) is 5.12. The average molecular weight is 362 g/mol. The highest BCUT2D eigenvalue weighted by Crippen LogP contribution is 2.20. The molecule has 2 amide bonds. The van der Waals surface area contributed by atoms with Crippen molar-refractivity contribution in [3.05, 3.63) is 72.3 Å². The number of carbonyl (C=O) groups is 2. The molecule has 0 bridgehead atoms. The molecule has 0 fully saturated rings. The summed E-state index contributed by atoms with van der Waals surface area (Å²) in [6.45, 7) is 5.38. The van der Waals surface area contributed by atoms with E-state index in [4.69, 9.17) is 4.74 Å². The van der Waals surface area contributed by atoms with Crippen LogP contribution in [0.15, 0.2) is 66.7 Å². The molecule has 0 unspecified atom stereocenters. The summed E-state index contributed by atoms with van der Waals surface area (Å²) < 4.78 is 5.23. The minimum Gasteiger partial charge on any atom is -0.444 e. The first-order valence-corrected chi connectivity index (χ1v) is 8.70. The van der Waals surface area contributed by atoms with Crippen LogP contribution in [0, 0.1) is 0 Å². The lowest BCUT2D eigenvalue weighted by atomic mass is 10.1. The second-order valence-corrected chi connectivity index (χ2v) is 7.22. The van der Waals surface area contributed by atoms with Gasteiger partial charge in [0.1, 0.15) is 5.60 Å². The van der Waals surface area contributed by atoms with Gasteiger partial charge in [-0.25, -0.2) is 4.79 Å². The number of fused-ring (bicyclic) bond motifs is 1. The second-order valence-electron chi connectivity index (χ2n) is 7.22. The average Bonchev–Trinajstić information content (AvgIpc) is 2.60. The van der Waals surface area contributed by atoms with Crippen LogP contribution < -0.4 is 10.6 Å². The fraction of sp³-hybridized carbons (Fsp3) is 0.182. The Hall–Kier alpha value is -3.34. The van der Waals surface area contributed by atoms with Crippen LogP contribution in [0.2, 0.25) is 0 Å². The Morgan fingerprint density at radius 1 is 0.778 bits per heavy atom. The Balaban J connectivity index is 1.71. The third-order valence-electron chi connectivity index (χ3n) is 3.78. The first-order chi connectivity index (χ1) is 12.8. The molecule has 3 aromatic carbocycles. The van der Waals surface area contributed by atoms with E-state index in [0.29, 0.717) is 16.9 Å². The zero-order chi connectivity index (χ0) is 19.4. The van der Waals surface area contributed by atoms with Crippen LogP contribution in [-0.4, -0.2) is 17.6 Å². The van der Waals surface area contributed by atoms with Crippen LogP contribution in [0.3, 0.4) is 0 Å². The topological polar surface area (TPSA) is 67.4 Å². The van der Waals surface area contributed by atoms with Crippen molar-refractivity contribution in [3.8, 4) is 0 Å². The fourth-order valence-electron chi connectivity index (χ4n) is 2.63. The monoisotopic (exact) mass is 362 g/mol. The fourth-order valence-corrected chi connectivity index (χ4v) is 2.63. The molecule has 27 heavy (non-hydrogen) atoms. The van der Waals surface area contributed by atoms with E-state index >= 15 is 0 Å². The van der Waals surface area contributed by atoms with Gasteiger partial charge in [-0.3, -0.25) is 10.1 Å². The number of rotatable bonds is 3. The highest BCUT2D eigenvalue weighted by molar-refractivity contribution is 6.06. The molecule has 2 N–H and O–H groups in total. The predicted molar refractivity (Wildman–Crippen MR) is 108 cm³/mol. The van der Waals surface area contributed by atoms with Gasteiger partial charge in [0.25, 0.3) is 5.91 Å². The van der Waals surface area contributed by atoms with Gasteiger partial charge < -0.3 is 10.1 Å². The van der Waals surface area contributed by atoms with Gasteiger partial charge >= 0.3 is 6.09 Å². The highest BCUT2D eigenvalue weighted by Gasteiger charge is 2.16. The quantitative estimate of drug-likeness (QED) is 0.652. The molecule has 0 saturated carbocycles. The number of hydrogen-bond donors (Lipinski definition) is 2. The summed E-state index contributed by atoms with van der Waals surface area (Å²) >= 11 is 0. The SMILES string of the molecule is CC(C)(C)OC(=O)Nc1cccc(C(=O)Nc2ccc3ccccc3c2)c1. The summed E-state index contributed by atoms with van der Waals surface area (Å²) in [5, 5.41) is 7.69. The minimum atomic E-state index is -0.588. The van der Waals surface area contributed by atoms with E-state index in [1.807, 2.05) is 42.5 Å². The maximum Gasteiger partial charge on any atom is 0.412 e. The summed E-state index contributed by atoms with van der Waals surface area (Å²) in [6, 6.07) is 20.4. The van der Waals surface area contributed by atoms with E-state index in [-0.39, 0.29) is 5.91 Å². The van der Waals surface area contributed by atoms with Crippen molar-refractivity contribution in [3.63, 3.8) is 0 Å². The third kappa shape index (κ3) is 5.07. The van der Waals surface area contributed by atoms with Crippen molar-refractivity contribution in [1.29, 1.82) is 0 Å². The van der Waals surface area contributed by atoms with Gasteiger partial charge in [-0.15, -0.1) is 0 Å². The molecule has 3 aromatic rings. The van der Waals surface area contributed by atoms with Crippen LogP contribution >= 0.6 is 0 Å². The molecule has 138 valence electrons. The summed E-state index contributed by atoms with van der Waals surface area (Å²) in [7, 11) is 0. The predicted octanol–water partition coefficient (Wildman–Crippen LogP) is 5.44. The van der Waals surface area contributed by atoms with Crippen LogP contribution in [0.1, 0.15) is 31.1 Å². The van der Waals surface area contributed by atoms with Crippen molar-refractivity contribution in [1.82, 2.24) is 0 Å². The molecule has 0 heterocycles. The van der Waals surface area contributed by atoms with Crippen LogP contribution in [-0.2, 0) is 4.74 Å². The largest absolute Gasteiger partial charge is 0.444 e. The molecule has 0 aliphatic carbocycles. The normalized spacial score (nSPS) is 11.1. The van der Waals surface area contributed by atoms with Gasteiger partial charge in [-0.05, 0) is 61.9 Å². The maximum atomic E-state index is 12.6. The summed E-state index contributed by atoms with van der Waals surface area (Å²) in [5.41, 5.74) is 1.06. The van der Waals surface area contributed by atoms with E-state index in [9.17, 15) is 9.59 Å². The van der Waals surface area contributed by atoms with Crippen LogP contribution in [0.5, 0.6) is 0 Å².